The van der Waals surface area contributed by atoms with Crippen LogP contribution < -0.4 is 5.73 Å². The molecule has 2 rings (SSSR count). The highest BCUT2D eigenvalue weighted by Crippen LogP contribution is 2.51. The zero-order valence-corrected chi connectivity index (χ0v) is 12.4. The highest BCUT2D eigenvalue weighted by molar-refractivity contribution is 9.10. The summed E-state index contributed by atoms with van der Waals surface area (Å²) in [7, 11) is 1.67. The fourth-order valence-corrected chi connectivity index (χ4v) is 3.28. The number of rotatable bonds is 4. The van der Waals surface area contributed by atoms with Crippen LogP contribution in [0.2, 0.25) is 5.02 Å². The lowest BCUT2D eigenvalue weighted by molar-refractivity contribution is 0.184. The van der Waals surface area contributed by atoms with Crippen molar-refractivity contribution < 1.29 is 4.74 Å². The van der Waals surface area contributed by atoms with E-state index in [9.17, 15) is 0 Å². The van der Waals surface area contributed by atoms with Gasteiger partial charge in [0.15, 0.2) is 0 Å². The van der Waals surface area contributed by atoms with Crippen LogP contribution in [0.5, 0.6) is 0 Å². The molecule has 0 aliphatic heterocycles. The lowest BCUT2D eigenvalue weighted by Crippen LogP contribution is -2.31. The summed E-state index contributed by atoms with van der Waals surface area (Å²) < 4.78 is 6.15. The van der Waals surface area contributed by atoms with Crippen LogP contribution in [0, 0.1) is 0 Å². The van der Waals surface area contributed by atoms with Gasteiger partial charge < -0.3 is 10.5 Å². The molecule has 4 heteroatoms. The summed E-state index contributed by atoms with van der Waals surface area (Å²) in [5.74, 6) is 0. The minimum Gasteiger partial charge on any atom is -0.380 e. The molecular formula is C13H17BrClNO. The first-order valence-corrected chi connectivity index (χ1v) is 6.91. The molecule has 1 saturated carbocycles. The van der Waals surface area contributed by atoms with E-state index in [0.29, 0.717) is 6.61 Å². The van der Waals surface area contributed by atoms with E-state index in [4.69, 9.17) is 22.1 Å². The number of nitrogens with two attached hydrogens (primary N) is 1. The van der Waals surface area contributed by atoms with Gasteiger partial charge in [0, 0.05) is 33.6 Å². The largest absolute Gasteiger partial charge is 0.380 e. The predicted molar refractivity (Wildman–Crippen MR) is 74.4 cm³/mol. The number of hydrogen-bond donors (Lipinski definition) is 1. The van der Waals surface area contributed by atoms with E-state index in [1.165, 1.54) is 5.56 Å². The third-order valence-corrected chi connectivity index (χ3v) is 4.71. The Kier molecular flexibility index (Phi) is 3.83. The molecule has 94 valence electrons. The third kappa shape index (κ3) is 2.39. The van der Waals surface area contributed by atoms with Crippen LogP contribution in [0.25, 0.3) is 0 Å². The lowest BCUT2D eigenvalue weighted by Gasteiger charge is -2.21. The Morgan fingerprint density at radius 3 is 2.59 bits per heavy atom. The van der Waals surface area contributed by atoms with Gasteiger partial charge in [-0.3, -0.25) is 0 Å². The molecule has 2 N–H and O–H groups in total. The van der Waals surface area contributed by atoms with Crippen molar-refractivity contribution in [1.82, 2.24) is 0 Å². The normalized spacial score (nSPS) is 19.1. The molecule has 1 fully saturated rings. The zero-order valence-electron chi connectivity index (χ0n) is 10.1. The summed E-state index contributed by atoms with van der Waals surface area (Å²) in [5, 5.41) is 0.753. The van der Waals surface area contributed by atoms with E-state index in [1.807, 2.05) is 6.07 Å². The topological polar surface area (TPSA) is 35.2 Å². The highest BCUT2D eigenvalue weighted by Gasteiger charge is 2.47. The Morgan fingerprint density at radius 1 is 1.53 bits per heavy atom. The van der Waals surface area contributed by atoms with Crippen molar-refractivity contribution >= 4 is 27.5 Å². The van der Waals surface area contributed by atoms with E-state index < -0.39 is 0 Å². The quantitative estimate of drug-likeness (QED) is 0.920. The van der Waals surface area contributed by atoms with Gasteiger partial charge in [0.1, 0.15) is 0 Å². The third-order valence-electron chi connectivity index (χ3n) is 3.66. The molecule has 1 unspecified atom stereocenters. The molecule has 1 aromatic carbocycles. The first-order valence-electron chi connectivity index (χ1n) is 5.74. The first-order chi connectivity index (χ1) is 8.01. The van der Waals surface area contributed by atoms with Gasteiger partial charge in [-0.05, 0) is 37.5 Å². The molecule has 1 aromatic rings. The monoisotopic (exact) mass is 317 g/mol. The summed E-state index contributed by atoms with van der Waals surface area (Å²) in [5.41, 5.74) is 8.45. The number of hydrogen-bond acceptors (Lipinski definition) is 2. The predicted octanol–water partition coefficient (Wildman–Crippen LogP) is 3.63. The second-order valence-corrected chi connectivity index (χ2v) is 6.06. The van der Waals surface area contributed by atoms with Crippen LogP contribution in [0.3, 0.4) is 0 Å². The molecule has 0 amide bonds. The molecule has 0 spiro atoms. The average Bonchev–Trinajstić information content (AvgIpc) is 3.04. The van der Waals surface area contributed by atoms with Crippen LogP contribution in [-0.2, 0) is 16.8 Å². The summed E-state index contributed by atoms with van der Waals surface area (Å²) in [4.78, 5) is 0. The van der Waals surface area contributed by atoms with Crippen molar-refractivity contribution in [3.05, 3.63) is 32.8 Å². The number of halogens is 2. The summed E-state index contributed by atoms with van der Waals surface area (Å²) in [6.45, 7) is 2.59. The fraction of sp³-hybridized carbons (Fsp3) is 0.538. The second-order valence-electron chi connectivity index (χ2n) is 4.80. The van der Waals surface area contributed by atoms with Crippen LogP contribution >= 0.6 is 27.5 Å². The Labute approximate surface area is 116 Å². The van der Waals surface area contributed by atoms with Crippen molar-refractivity contribution in [1.29, 1.82) is 0 Å². The van der Waals surface area contributed by atoms with Crippen molar-refractivity contribution in [2.24, 2.45) is 5.73 Å². The smallest absolute Gasteiger partial charge is 0.0738 e. The van der Waals surface area contributed by atoms with E-state index in [1.54, 1.807) is 7.11 Å². The molecule has 1 aliphatic carbocycles. The molecule has 0 saturated heterocycles. The maximum Gasteiger partial charge on any atom is 0.0738 e. The van der Waals surface area contributed by atoms with Crippen LogP contribution in [0.15, 0.2) is 16.6 Å². The summed E-state index contributed by atoms with van der Waals surface area (Å²) >= 11 is 9.86. The number of ether oxygens (including phenoxy) is 1. The van der Waals surface area contributed by atoms with Gasteiger partial charge in [0.05, 0.1) is 6.61 Å². The highest BCUT2D eigenvalue weighted by atomic mass is 79.9. The maximum atomic E-state index is 6.30. The molecule has 1 atom stereocenters. The van der Waals surface area contributed by atoms with Gasteiger partial charge in [0.25, 0.3) is 0 Å². The van der Waals surface area contributed by atoms with Crippen LogP contribution in [-0.4, -0.2) is 13.2 Å². The standard InChI is InChI=1S/C13H17BrClNO/c1-8(16)13(3-4-13)9-5-11(14)10(7-17-2)12(15)6-9/h5-6,8H,3-4,7,16H2,1-2H3. The zero-order chi connectivity index (χ0) is 12.6. The van der Waals surface area contributed by atoms with E-state index in [0.717, 1.165) is 27.9 Å². The minimum atomic E-state index is 0.137. The van der Waals surface area contributed by atoms with Gasteiger partial charge in [-0.2, -0.15) is 0 Å². The SMILES string of the molecule is COCc1c(Cl)cc(C2(C(C)N)CC2)cc1Br. The first kappa shape index (κ1) is 13.3. The molecule has 0 radical (unpaired) electrons. The molecule has 2 nitrogen and oxygen atoms in total. The summed E-state index contributed by atoms with van der Waals surface area (Å²) in [6, 6.07) is 4.34. The van der Waals surface area contributed by atoms with Crippen molar-refractivity contribution in [3.63, 3.8) is 0 Å². The Hall–Kier alpha value is -0.0900. The fourth-order valence-electron chi connectivity index (χ4n) is 2.31. The molecule has 0 heterocycles. The Morgan fingerprint density at radius 2 is 2.18 bits per heavy atom. The van der Waals surface area contributed by atoms with Crippen molar-refractivity contribution in [3.8, 4) is 0 Å². The lowest BCUT2D eigenvalue weighted by atomic mass is 9.89. The molecule has 17 heavy (non-hydrogen) atoms. The van der Waals surface area contributed by atoms with Gasteiger partial charge in [-0.25, -0.2) is 0 Å². The van der Waals surface area contributed by atoms with Crippen molar-refractivity contribution in [2.75, 3.05) is 7.11 Å². The van der Waals surface area contributed by atoms with Crippen LogP contribution in [0.4, 0.5) is 0 Å². The van der Waals surface area contributed by atoms with Crippen molar-refractivity contribution in [2.45, 2.75) is 37.8 Å². The molecule has 0 bridgehead atoms. The maximum absolute atomic E-state index is 6.30. The van der Waals surface area contributed by atoms with Gasteiger partial charge in [-0.1, -0.05) is 27.5 Å². The Balaban J connectivity index is 2.39. The van der Waals surface area contributed by atoms with Gasteiger partial charge in [-0.15, -0.1) is 0 Å². The molecule has 0 aromatic heterocycles. The van der Waals surface area contributed by atoms with Gasteiger partial charge in [0.2, 0.25) is 0 Å². The average molecular weight is 319 g/mol. The van der Waals surface area contributed by atoms with E-state index in [-0.39, 0.29) is 11.5 Å². The minimum absolute atomic E-state index is 0.137. The summed E-state index contributed by atoms with van der Waals surface area (Å²) in [6.07, 6.45) is 2.30. The second kappa shape index (κ2) is 4.88. The van der Waals surface area contributed by atoms with Crippen LogP contribution in [0.1, 0.15) is 30.9 Å². The Bertz CT molecular complexity index is 406. The molecular weight excluding hydrogens is 302 g/mol. The van der Waals surface area contributed by atoms with Gasteiger partial charge >= 0.3 is 0 Å². The number of benzene rings is 1. The van der Waals surface area contributed by atoms with E-state index in [2.05, 4.69) is 28.9 Å². The van der Waals surface area contributed by atoms with E-state index >= 15 is 0 Å². The molecule has 1 aliphatic rings. The number of methoxy groups -OCH3 is 1.